The predicted octanol–water partition coefficient (Wildman–Crippen LogP) is 1.13. The summed E-state index contributed by atoms with van der Waals surface area (Å²) in [5.74, 6) is 0. The molecule has 0 saturated carbocycles. The molecule has 5 heteroatoms. The number of nitrogens with one attached hydrogen (secondary N) is 1. The minimum atomic E-state index is 0.578. The molecule has 0 bridgehead atoms. The van der Waals surface area contributed by atoms with Gasteiger partial charge in [0.2, 0.25) is 0 Å². The van der Waals surface area contributed by atoms with E-state index in [0.29, 0.717) is 11.3 Å². The lowest BCUT2D eigenvalue weighted by atomic mass is 10.1. The first kappa shape index (κ1) is 14.3. The molecule has 3 N–H and O–H groups in total. The average Bonchev–Trinajstić information content (AvgIpc) is 2.37. The van der Waals surface area contributed by atoms with Gasteiger partial charge in [-0.15, -0.1) is 0 Å². The third-order valence-electron chi connectivity index (χ3n) is 2.65. The van der Waals surface area contributed by atoms with Crippen molar-refractivity contribution in [3.8, 4) is 6.07 Å². The highest BCUT2D eigenvalue weighted by Gasteiger charge is 2.02. The minimum absolute atomic E-state index is 0.578. The fourth-order valence-electron chi connectivity index (χ4n) is 1.55. The molecule has 1 aromatic rings. The number of anilines is 2. The van der Waals surface area contributed by atoms with E-state index in [9.17, 15) is 0 Å². The number of nitriles is 1. The number of hydrogen-bond donors (Lipinski definition) is 2. The number of ether oxygens (including phenoxy) is 1. The quantitative estimate of drug-likeness (QED) is 0.708. The summed E-state index contributed by atoms with van der Waals surface area (Å²) in [6, 6.07) is 7.44. The van der Waals surface area contributed by atoms with Crippen molar-refractivity contribution in [2.24, 2.45) is 0 Å². The normalized spacial score (nSPS) is 10.3. The van der Waals surface area contributed by atoms with Crippen molar-refractivity contribution >= 4 is 11.4 Å². The lowest BCUT2D eigenvalue weighted by Gasteiger charge is -2.17. The number of methoxy groups -OCH3 is 1. The molecule has 0 spiro atoms. The monoisotopic (exact) mass is 248 g/mol. The largest absolute Gasteiger partial charge is 0.399 e. The van der Waals surface area contributed by atoms with Crippen molar-refractivity contribution in [1.82, 2.24) is 4.90 Å². The number of benzene rings is 1. The summed E-state index contributed by atoms with van der Waals surface area (Å²) in [6.45, 7) is 3.28. The van der Waals surface area contributed by atoms with Crippen molar-refractivity contribution in [2.75, 3.05) is 51.4 Å². The van der Waals surface area contributed by atoms with E-state index in [1.165, 1.54) is 0 Å². The summed E-state index contributed by atoms with van der Waals surface area (Å²) >= 11 is 0. The van der Waals surface area contributed by atoms with Gasteiger partial charge in [0.1, 0.15) is 6.07 Å². The molecule has 0 aromatic heterocycles. The second-order valence-corrected chi connectivity index (χ2v) is 4.14. The molecule has 0 amide bonds. The smallest absolute Gasteiger partial charge is 0.101 e. The molecule has 1 rings (SSSR count). The van der Waals surface area contributed by atoms with Crippen LogP contribution >= 0.6 is 0 Å². The van der Waals surface area contributed by atoms with Crippen LogP contribution in [0.3, 0.4) is 0 Å². The number of nitrogens with two attached hydrogens (primary N) is 1. The summed E-state index contributed by atoms with van der Waals surface area (Å²) in [7, 11) is 3.73. The molecule has 0 heterocycles. The number of nitrogen functional groups attached to an aromatic ring is 1. The Hall–Kier alpha value is -1.77. The van der Waals surface area contributed by atoms with E-state index in [4.69, 9.17) is 15.7 Å². The van der Waals surface area contributed by atoms with Crippen LogP contribution in [-0.2, 0) is 4.74 Å². The van der Waals surface area contributed by atoms with E-state index in [2.05, 4.69) is 16.3 Å². The van der Waals surface area contributed by atoms with Crippen molar-refractivity contribution < 1.29 is 4.74 Å². The second kappa shape index (κ2) is 7.54. The van der Waals surface area contributed by atoms with Gasteiger partial charge in [0.15, 0.2) is 0 Å². The first-order valence-corrected chi connectivity index (χ1v) is 5.88. The molecule has 0 aliphatic heterocycles. The topological polar surface area (TPSA) is 74.3 Å². The maximum Gasteiger partial charge on any atom is 0.101 e. The van der Waals surface area contributed by atoms with Gasteiger partial charge in [0.05, 0.1) is 17.9 Å². The average molecular weight is 248 g/mol. The van der Waals surface area contributed by atoms with Gasteiger partial charge in [-0.2, -0.15) is 5.26 Å². The van der Waals surface area contributed by atoms with Gasteiger partial charge in [-0.25, -0.2) is 0 Å². The summed E-state index contributed by atoms with van der Waals surface area (Å²) in [4.78, 5) is 2.17. The molecule has 0 aliphatic carbocycles. The number of rotatable bonds is 7. The fraction of sp³-hybridized carbons (Fsp3) is 0.462. The van der Waals surface area contributed by atoms with Gasteiger partial charge >= 0.3 is 0 Å². The zero-order chi connectivity index (χ0) is 13.4. The third-order valence-corrected chi connectivity index (χ3v) is 2.65. The Morgan fingerprint density at radius 2 is 2.22 bits per heavy atom. The van der Waals surface area contributed by atoms with Crippen LogP contribution in [0, 0.1) is 11.3 Å². The molecule has 5 nitrogen and oxygen atoms in total. The lowest BCUT2D eigenvalue weighted by molar-refractivity contribution is 0.163. The molecule has 0 unspecified atom stereocenters. The van der Waals surface area contributed by atoms with Crippen LogP contribution in [0.5, 0.6) is 0 Å². The molecule has 0 saturated heterocycles. The van der Waals surface area contributed by atoms with Crippen LogP contribution < -0.4 is 11.1 Å². The number of nitrogens with zero attached hydrogens (tertiary/aromatic N) is 2. The van der Waals surface area contributed by atoms with Crippen molar-refractivity contribution in [3.05, 3.63) is 23.8 Å². The van der Waals surface area contributed by atoms with Gasteiger partial charge in [0.25, 0.3) is 0 Å². The van der Waals surface area contributed by atoms with Crippen LogP contribution in [0.2, 0.25) is 0 Å². The Balaban J connectivity index is 2.42. The van der Waals surface area contributed by atoms with E-state index in [-0.39, 0.29) is 0 Å². The predicted molar refractivity (Wildman–Crippen MR) is 73.4 cm³/mol. The maximum absolute atomic E-state index is 9.00. The first-order chi connectivity index (χ1) is 8.67. The molecular weight excluding hydrogens is 228 g/mol. The van der Waals surface area contributed by atoms with Crippen LogP contribution in [-0.4, -0.2) is 45.3 Å². The maximum atomic E-state index is 9.00. The van der Waals surface area contributed by atoms with Crippen LogP contribution in [0.25, 0.3) is 0 Å². The molecule has 98 valence electrons. The number of likely N-dealkylation sites (N-methyl/N-ethyl adjacent to an activating group) is 1. The van der Waals surface area contributed by atoms with Crippen LogP contribution in [0.1, 0.15) is 5.56 Å². The minimum Gasteiger partial charge on any atom is -0.399 e. The van der Waals surface area contributed by atoms with E-state index in [1.807, 2.05) is 13.1 Å². The van der Waals surface area contributed by atoms with Crippen molar-refractivity contribution in [3.63, 3.8) is 0 Å². The van der Waals surface area contributed by atoms with Crippen LogP contribution in [0.4, 0.5) is 11.4 Å². The highest BCUT2D eigenvalue weighted by molar-refractivity contribution is 5.62. The molecule has 18 heavy (non-hydrogen) atoms. The van der Waals surface area contributed by atoms with Crippen molar-refractivity contribution in [2.45, 2.75) is 0 Å². The zero-order valence-corrected chi connectivity index (χ0v) is 10.9. The van der Waals surface area contributed by atoms with Crippen LogP contribution in [0.15, 0.2) is 18.2 Å². The third kappa shape index (κ3) is 4.62. The molecular formula is C13H20N4O. The SMILES string of the molecule is COCCN(C)CCNc1ccc(N)cc1C#N. The van der Waals surface area contributed by atoms with E-state index >= 15 is 0 Å². The molecule has 0 fully saturated rings. The van der Waals surface area contributed by atoms with Gasteiger partial charge < -0.3 is 20.7 Å². The Morgan fingerprint density at radius 1 is 1.44 bits per heavy atom. The van der Waals surface area contributed by atoms with Gasteiger partial charge in [-0.05, 0) is 25.2 Å². The second-order valence-electron chi connectivity index (χ2n) is 4.14. The lowest BCUT2D eigenvalue weighted by Crippen LogP contribution is -2.28. The zero-order valence-electron chi connectivity index (χ0n) is 10.9. The van der Waals surface area contributed by atoms with E-state index < -0.39 is 0 Å². The van der Waals surface area contributed by atoms with Gasteiger partial charge in [-0.3, -0.25) is 0 Å². The Labute approximate surface area is 108 Å². The van der Waals surface area contributed by atoms with Gasteiger partial charge in [0, 0.05) is 32.4 Å². The first-order valence-electron chi connectivity index (χ1n) is 5.88. The van der Waals surface area contributed by atoms with Gasteiger partial charge in [-0.1, -0.05) is 0 Å². The number of hydrogen-bond acceptors (Lipinski definition) is 5. The fourth-order valence-corrected chi connectivity index (χ4v) is 1.55. The highest BCUT2D eigenvalue weighted by Crippen LogP contribution is 2.17. The summed E-state index contributed by atoms with van der Waals surface area (Å²) in [5.41, 5.74) is 7.64. The van der Waals surface area contributed by atoms with Crippen molar-refractivity contribution in [1.29, 1.82) is 5.26 Å². The van der Waals surface area contributed by atoms with E-state index in [1.54, 1.807) is 19.2 Å². The summed E-state index contributed by atoms with van der Waals surface area (Å²) < 4.78 is 5.01. The molecule has 1 aromatic carbocycles. The summed E-state index contributed by atoms with van der Waals surface area (Å²) in [5, 5.41) is 12.2. The molecule has 0 radical (unpaired) electrons. The molecule has 0 atom stereocenters. The standard InChI is InChI=1S/C13H20N4O/c1-17(7-8-18-2)6-5-16-13-4-3-12(15)9-11(13)10-14/h3-4,9,16H,5-8,15H2,1-2H3. The highest BCUT2D eigenvalue weighted by atomic mass is 16.5. The Bertz CT molecular complexity index is 414. The Kier molecular flexibility index (Phi) is 5.98. The van der Waals surface area contributed by atoms with E-state index in [0.717, 1.165) is 31.9 Å². The summed E-state index contributed by atoms with van der Waals surface area (Å²) in [6.07, 6.45) is 0. The Morgan fingerprint density at radius 3 is 2.89 bits per heavy atom. The molecule has 0 aliphatic rings.